The first-order valence-electron chi connectivity index (χ1n) is 6.46. The molecule has 0 fully saturated rings. The number of urea groups is 1. The van der Waals surface area contributed by atoms with Crippen LogP contribution >= 0.6 is 0 Å². The Kier molecular flexibility index (Phi) is 4.38. The molecule has 2 aromatic rings. The SMILES string of the molecule is CN(C)Cc1ccc(NC(N)=O)c(-c2ccccc2)c1. The van der Waals surface area contributed by atoms with Crippen molar-refractivity contribution in [2.24, 2.45) is 5.73 Å². The lowest BCUT2D eigenvalue weighted by Crippen LogP contribution is -2.20. The van der Waals surface area contributed by atoms with Crippen LogP contribution in [0.15, 0.2) is 48.5 Å². The quantitative estimate of drug-likeness (QED) is 0.896. The highest BCUT2D eigenvalue weighted by atomic mass is 16.2. The number of nitrogens with zero attached hydrogens (tertiary/aromatic N) is 1. The Labute approximate surface area is 119 Å². The van der Waals surface area contributed by atoms with Gasteiger partial charge in [-0.25, -0.2) is 4.79 Å². The first-order valence-corrected chi connectivity index (χ1v) is 6.46. The maximum Gasteiger partial charge on any atom is 0.316 e. The minimum Gasteiger partial charge on any atom is -0.351 e. The Morgan fingerprint density at radius 3 is 2.45 bits per heavy atom. The van der Waals surface area contributed by atoms with Gasteiger partial charge in [0.1, 0.15) is 0 Å². The molecule has 4 nitrogen and oxygen atoms in total. The molecule has 2 rings (SSSR count). The van der Waals surface area contributed by atoms with Crippen molar-refractivity contribution in [3.63, 3.8) is 0 Å². The number of benzene rings is 2. The molecule has 0 spiro atoms. The van der Waals surface area contributed by atoms with Crippen molar-refractivity contribution in [2.75, 3.05) is 19.4 Å². The van der Waals surface area contributed by atoms with Crippen molar-refractivity contribution >= 4 is 11.7 Å². The number of anilines is 1. The average molecular weight is 269 g/mol. The average Bonchev–Trinajstić information content (AvgIpc) is 2.40. The van der Waals surface area contributed by atoms with E-state index in [1.54, 1.807) is 0 Å². The van der Waals surface area contributed by atoms with Crippen LogP contribution in [-0.4, -0.2) is 25.0 Å². The Morgan fingerprint density at radius 2 is 1.85 bits per heavy atom. The van der Waals surface area contributed by atoms with Gasteiger partial charge in [0.25, 0.3) is 0 Å². The Balaban J connectivity index is 2.45. The number of amides is 2. The fraction of sp³-hybridized carbons (Fsp3) is 0.188. The van der Waals surface area contributed by atoms with Crippen LogP contribution in [0.25, 0.3) is 11.1 Å². The highest BCUT2D eigenvalue weighted by Gasteiger charge is 2.08. The molecule has 3 N–H and O–H groups in total. The van der Waals surface area contributed by atoms with Crippen LogP contribution in [0.2, 0.25) is 0 Å². The predicted molar refractivity (Wildman–Crippen MR) is 82.5 cm³/mol. The second-order valence-corrected chi connectivity index (χ2v) is 4.97. The van der Waals surface area contributed by atoms with Crippen LogP contribution < -0.4 is 11.1 Å². The number of hydrogen-bond acceptors (Lipinski definition) is 2. The molecule has 0 bridgehead atoms. The van der Waals surface area contributed by atoms with Crippen molar-refractivity contribution in [3.8, 4) is 11.1 Å². The standard InChI is InChI=1S/C16H19N3O/c1-19(2)11-12-8-9-15(18-16(17)20)14(10-12)13-6-4-3-5-7-13/h3-10H,11H2,1-2H3,(H3,17,18,20). The van der Waals surface area contributed by atoms with Crippen LogP contribution in [0.1, 0.15) is 5.56 Å². The smallest absolute Gasteiger partial charge is 0.316 e. The van der Waals surface area contributed by atoms with E-state index in [2.05, 4.69) is 16.3 Å². The van der Waals surface area contributed by atoms with E-state index in [9.17, 15) is 4.79 Å². The summed E-state index contributed by atoms with van der Waals surface area (Å²) in [6, 6.07) is 15.4. The minimum atomic E-state index is -0.553. The summed E-state index contributed by atoms with van der Waals surface area (Å²) in [4.78, 5) is 13.2. The van der Waals surface area contributed by atoms with Gasteiger partial charge in [-0.05, 0) is 37.4 Å². The monoisotopic (exact) mass is 269 g/mol. The number of rotatable bonds is 4. The number of primary amides is 1. The van der Waals surface area contributed by atoms with Crippen molar-refractivity contribution in [2.45, 2.75) is 6.54 Å². The predicted octanol–water partition coefficient (Wildman–Crippen LogP) is 2.91. The van der Waals surface area contributed by atoms with Crippen molar-refractivity contribution in [1.82, 2.24) is 4.90 Å². The lowest BCUT2D eigenvalue weighted by Gasteiger charge is -2.15. The number of nitrogens with one attached hydrogen (secondary N) is 1. The molecule has 20 heavy (non-hydrogen) atoms. The van der Waals surface area contributed by atoms with E-state index in [1.807, 2.05) is 56.6 Å². The first kappa shape index (κ1) is 14.1. The molecular weight excluding hydrogens is 250 g/mol. The summed E-state index contributed by atoms with van der Waals surface area (Å²) >= 11 is 0. The molecule has 0 radical (unpaired) electrons. The number of carbonyl (C=O) groups excluding carboxylic acids is 1. The van der Waals surface area contributed by atoms with E-state index in [1.165, 1.54) is 5.56 Å². The second kappa shape index (κ2) is 6.21. The third kappa shape index (κ3) is 3.59. The fourth-order valence-electron chi connectivity index (χ4n) is 2.15. The molecule has 4 heteroatoms. The number of nitrogens with two attached hydrogens (primary N) is 1. The molecule has 0 aromatic heterocycles. The maximum absolute atomic E-state index is 11.1. The summed E-state index contributed by atoms with van der Waals surface area (Å²) in [5.41, 5.74) is 9.17. The minimum absolute atomic E-state index is 0.553. The Hall–Kier alpha value is -2.33. The highest BCUT2D eigenvalue weighted by Crippen LogP contribution is 2.29. The Morgan fingerprint density at radius 1 is 1.15 bits per heavy atom. The van der Waals surface area contributed by atoms with Gasteiger partial charge in [-0.1, -0.05) is 36.4 Å². The highest BCUT2D eigenvalue weighted by molar-refractivity contribution is 5.93. The Bertz CT molecular complexity index is 594. The van der Waals surface area contributed by atoms with Gasteiger partial charge in [0.05, 0.1) is 5.69 Å². The lowest BCUT2D eigenvalue weighted by molar-refractivity contribution is 0.259. The zero-order valence-corrected chi connectivity index (χ0v) is 11.8. The van der Waals surface area contributed by atoms with Gasteiger partial charge in [0.15, 0.2) is 0 Å². The summed E-state index contributed by atoms with van der Waals surface area (Å²) in [7, 11) is 4.05. The summed E-state index contributed by atoms with van der Waals surface area (Å²) < 4.78 is 0. The summed E-state index contributed by atoms with van der Waals surface area (Å²) in [6.45, 7) is 0.844. The van der Waals surface area contributed by atoms with E-state index < -0.39 is 6.03 Å². The van der Waals surface area contributed by atoms with Gasteiger partial charge in [0, 0.05) is 12.1 Å². The maximum atomic E-state index is 11.1. The molecule has 0 aliphatic rings. The van der Waals surface area contributed by atoms with Crippen LogP contribution in [-0.2, 0) is 6.54 Å². The van der Waals surface area contributed by atoms with E-state index in [4.69, 9.17) is 5.73 Å². The fourth-order valence-corrected chi connectivity index (χ4v) is 2.15. The third-order valence-electron chi connectivity index (χ3n) is 2.93. The van der Waals surface area contributed by atoms with Gasteiger partial charge in [-0.2, -0.15) is 0 Å². The van der Waals surface area contributed by atoms with Crippen molar-refractivity contribution < 1.29 is 4.79 Å². The molecule has 0 saturated carbocycles. The van der Waals surface area contributed by atoms with Crippen LogP contribution in [0.3, 0.4) is 0 Å². The molecule has 0 heterocycles. The van der Waals surface area contributed by atoms with E-state index in [0.29, 0.717) is 0 Å². The summed E-state index contributed by atoms with van der Waals surface area (Å²) in [5.74, 6) is 0. The molecule has 0 saturated heterocycles. The van der Waals surface area contributed by atoms with Gasteiger partial charge >= 0.3 is 6.03 Å². The van der Waals surface area contributed by atoms with E-state index in [0.717, 1.165) is 23.4 Å². The lowest BCUT2D eigenvalue weighted by atomic mass is 10.0. The molecule has 104 valence electrons. The largest absolute Gasteiger partial charge is 0.351 e. The van der Waals surface area contributed by atoms with Crippen LogP contribution in [0, 0.1) is 0 Å². The van der Waals surface area contributed by atoms with Gasteiger partial charge in [-0.3, -0.25) is 0 Å². The van der Waals surface area contributed by atoms with Gasteiger partial charge in [0.2, 0.25) is 0 Å². The van der Waals surface area contributed by atoms with Crippen LogP contribution in [0.4, 0.5) is 10.5 Å². The topological polar surface area (TPSA) is 58.4 Å². The van der Waals surface area contributed by atoms with Gasteiger partial charge in [-0.15, -0.1) is 0 Å². The third-order valence-corrected chi connectivity index (χ3v) is 2.93. The molecule has 0 unspecified atom stereocenters. The molecule has 2 amide bonds. The first-order chi connectivity index (χ1) is 9.56. The second-order valence-electron chi connectivity index (χ2n) is 4.97. The number of hydrogen-bond donors (Lipinski definition) is 2. The number of carbonyl (C=O) groups is 1. The zero-order valence-electron chi connectivity index (χ0n) is 11.8. The molecule has 2 aromatic carbocycles. The molecular formula is C16H19N3O. The zero-order chi connectivity index (χ0) is 14.5. The molecule has 0 aliphatic heterocycles. The van der Waals surface area contributed by atoms with E-state index in [-0.39, 0.29) is 0 Å². The van der Waals surface area contributed by atoms with E-state index >= 15 is 0 Å². The summed E-state index contributed by atoms with van der Waals surface area (Å²) in [5, 5.41) is 2.68. The molecule has 0 aliphatic carbocycles. The van der Waals surface area contributed by atoms with Crippen molar-refractivity contribution in [3.05, 3.63) is 54.1 Å². The van der Waals surface area contributed by atoms with Gasteiger partial charge < -0.3 is 16.0 Å². The molecule has 0 atom stereocenters. The van der Waals surface area contributed by atoms with Crippen molar-refractivity contribution in [1.29, 1.82) is 0 Å². The normalized spacial score (nSPS) is 10.6. The summed E-state index contributed by atoms with van der Waals surface area (Å²) in [6.07, 6.45) is 0. The van der Waals surface area contributed by atoms with Crippen LogP contribution in [0.5, 0.6) is 0 Å².